The summed E-state index contributed by atoms with van der Waals surface area (Å²) in [7, 11) is -3.69. The van der Waals surface area contributed by atoms with Gasteiger partial charge in [-0.05, 0) is 61.9 Å². The molecule has 0 aliphatic rings. The van der Waals surface area contributed by atoms with Crippen molar-refractivity contribution in [2.45, 2.75) is 18.7 Å². The van der Waals surface area contributed by atoms with Gasteiger partial charge in [-0.1, -0.05) is 30.3 Å². The molecule has 0 aliphatic heterocycles. The van der Waals surface area contributed by atoms with E-state index in [9.17, 15) is 8.42 Å². The van der Waals surface area contributed by atoms with Crippen LogP contribution in [0.5, 0.6) is 11.6 Å². The monoisotopic (exact) mass is 445 g/mol. The van der Waals surface area contributed by atoms with E-state index in [0.717, 1.165) is 16.9 Å². The minimum atomic E-state index is -3.69. The lowest BCUT2D eigenvalue weighted by Gasteiger charge is -2.11. The number of sulfonamides is 1. The molecule has 8 nitrogen and oxygen atoms in total. The van der Waals surface area contributed by atoms with Crippen molar-refractivity contribution >= 4 is 32.4 Å². The first-order valence-corrected chi connectivity index (χ1v) is 11.4. The third kappa shape index (κ3) is 3.52. The average Bonchev–Trinajstić information content (AvgIpc) is 3.17. The van der Waals surface area contributed by atoms with Crippen LogP contribution in [0.1, 0.15) is 11.4 Å². The van der Waals surface area contributed by atoms with E-state index in [1.807, 2.05) is 35.6 Å². The highest BCUT2D eigenvalue weighted by Crippen LogP contribution is 2.28. The Labute approximate surface area is 184 Å². The number of nitrogens with one attached hydrogen (secondary N) is 1. The highest BCUT2D eigenvalue weighted by Gasteiger charge is 2.17. The van der Waals surface area contributed by atoms with Gasteiger partial charge < -0.3 is 4.74 Å². The lowest BCUT2D eigenvalue weighted by Crippen LogP contribution is -2.14. The fourth-order valence-electron chi connectivity index (χ4n) is 3.54. The Morgan fingerprint density at radius 3 is 2.38 bits per heavy atom. The molecule has 0 saturated heterocycles. The highest BCUT2D eigenvalue weighted by molar-refractivity contribution is 7.92. The van der Waals surface area contributed by atoms with Gasteiger partial charge in [-0.3, -0.25) is 9.12 Å². The molecule has 0 radical (unpaired) electrons. The van der Waals surface area contributed by atoms with Gasteiger partial charge in [0.15, 0.2) is 0 Å². The average molecular weight is 446 g/mol. The highest BCUT2D eigenvalue weighted by atomic mass is 32.2. The SMILES string of the molecule is Cc1ccccc1S(=O)(=O)Nc1ccc(Oc2nc3ccccc3n3c(C)nnc23)cc1. The molecule has 0 fully saturated rings. The number of aromatic nitrogens is 4. The summed E-state index contributed by atoms with van der Waals surface area (Å²) < 4.78 is 35.9. The predicted molar refractivity (Wildman–Crippen MR) is 122 cm³/mol. The second kappa shape index (κ2) is 7.61. The van der Waals surface area contributed by atoms with E-state index in [1.54, 1.807) is 55.5 Å². The van der Waals surface area contributed by atoms with E-state index in [2.05, 4.69) is 19.9 Å². The summed E-state index contributed by atoms with van der Waals surface area (Å²) in [4.78, 5) is 4.83. The molecule has 5 rings (SSSR count). The van der Waals surface area contributed by atoms with Gasteiger partial charge in [-0.2, -0.15) is 0 Å². The van der Waals surface area contributed by atoms with Gasteiger partial charge >= 0.3 is 0 Å². The van der Waals surface area contributed by atoms with Crippen LogP contribution in [-0.2, 0) is 10.0 Å². The first-order chi connectivity index (χ1) is 15.4. The molecule has 0 aliphatic carbocycles. The van der Waals surface area contributed by atoms with Gasteiger partial charge in [0.1, 0.15) is 11.6 Å². The van der Waals surface area contributed by atoms with Gasteiger partial charge in [0.05, 0.1) is 15.9 Å². The molecule has 0 bridgehead atoms. The largest absolute Gasteiger partial charge is 0.436 e. The molecule has 5 aromatic rings. The van der Waals surface area contributed by atoms with Crippen molar-refractivity contribution in [2.24, 2.45) is 0 Å². The van der Waals surface area contributed by atoms with Crippen molar-refractivity contribution in [3.8, 4) is 11.6 Å². The number of hydrogen-bond acceptors (Lipinski definition) is 6. The Kier molecular flexibility index (Phi) is 4.75. The fourth-order valence-corrected chi connectivity index (χ4v) is 4.84. The minimum absolute atomic E-state index is 0.241. The van der Waals surface area contributed by atoms with Gasteiger partial charge in [0.25, 0.3) is 15.9 Å². The van der Waals surface area contributed by atoms with Crippen molar-refractivity contribution < 1.29 is 13.2 Å². The molecule has 32 heavy (non-hydrogen) atoms. The molecule has 3 aromatic carbocycles. The number of benzene rings is 3. The number of fused-ring (bicyclic) bond motifs is 3. The van der Waals surface area contributed by atoms with Crippen LogP contribution in [0, 0.1) is 13.8 Å². The van der Waals surface area contributed by atoms with Crippen LogP contribution in [-0.4, -0.2) is 28.0 Å². The zero-order valence-electron chi connectivity index (χ0n) is 17.4. The second-order valence-corrected chi connectivity index (χ2v) is 8.96. The van der Waals surface area contributed by atoms with Crippen LogP contribution in [0.15, 0.2) is 77.7 Å². The number of hydrogen-bond donors (Lipinski definition) is 1. The third-order valence-corrected chi connectivity index (χ3v) is 6.61. The smallest absolute Gasteiger partial charge is 0.266 e. The van der Waals surface area contributed by atoms with Gasteiger partial charge in [-0.25, -0.2) is 13.4 Å². The lowest BCUT2D eigenvalue weighted by molar-refractivity contribution is 0.467. The van der Waals surface area contributed by atoms with E-state index in [0.29, 0.717) is 28.5 Å². The Hall–Kier alpha value is -3.98. The Morgan fingerprint density at radius 1 is 0.875 bits per heavy atom. The first-order valence-electron chi connectivity index (χ1n) is 9.89. The number of rotatable bonds is 5. The maximum atomic E-state index is 12.7. The summed E-state index contributed by atoms with van der Waals surface area (Å²) in [5.41, 5.74) is 3.25. The van der Waals surface area contributed by atoms with Crippen LogP contribution in [0.4, 0.5) is 5.69 Å². The molecule has 2 heterocycles. The summed E-state index contributed by atoms with van der Waals surface area (Å²) in [5.74, 6) is 1.54. The van der Waals surface area contributed by atoms with Crippen LogP contribution in [0.25, 0.3) is 16.7 Å². The molecule has 2 aromatic heterocycles. The van der Waals surface area contributed by atoms with E-state index in [1.165, 1.54) is 0 Å². The number of anilines is 1. The number of nitrogens with zero attached hydrogens (tertiary/aromatic N) is 4. The molecule has 9 heteroatoms. The van der Waals surface area contributed by atoms with Crippen molar-refractivity contribution in [1.29, 1.82) is 0 Å². The van der Waals surface area contributed by atoms with E-state index in [4.69, 9.17) is 4.74 Å². The van der Waals surface area contributed by atoms with Crippen molar-refractivity contribution in [1.82, 2.24) is 19.6 Å². The molecule has 160 valence electrons. The lowest BCUT2D eigenvalue weighted by atomic mass is 10.2. The number of para-hydroxylation sites is 2. The molecular weight excluding hydrogens is 426 g/mol. The predicted octanol–water partition coefficient (Wildman–Crippen LogP) is 4.49. The Balaban J connectivity index is 1.44. The molecular formula is C23H19N5O3S. The standard InChI is InChI=1S/C23H19N5O3S/c1-15-7-3-6-10-21(15)32(29,30)27-17-11-13-18(14-12-17)31-23-22-26-25-16(2)28(22)20-9-5-4-8-19(20)24-23/h3-14,27H,1-2H3. The topological polar surface area (TPSA) is 98.5 Å². The van der Waals surface area contributed by atoms with Crippen LogP contribution >= 0.6 is 0 Å². The summed E-state index contributed by atoms with van der Waals surface area (Å²) in [6, 6.07) is 21.1. The molecule has 0 atom stereocenters. The second-order valence-electron chi connectivity index (χ2n) is 7.31. The maximum absolute atomic E-state index is 12.7. The zero-order valence-corrected chi connectivity index (χ0v) is 18.2. The fraction of sp³-hybridized carbons (Fsp3) is 0.0870. The summed E-state index contributed by atoms with van der Waals surface area (Å²) >= 11 is 0. The first kappa shape index (κ1) is 20.0. The summed E-state index contributed by atoms with van der Waals surface area (Å²) in [5, 5.41) is 8.36. The van der Waals surface area contributed by atoms with E-state index in [-0.39, 0.29) is 4.90 Å². The van der Waals surface area contributed by atoms with Crippen LogP contribution in [0.2, 0.25) is 0 Å². The normalized spacial score (nSPS) is 11.7. The Bertz CT molecular complexity index is 1560. The molecule has 0 unspecified atom stereocenters. The summed E-state index contributed by atoms with van der Waals surface area (Å²) in [6.45, 7) is 3.63. The van der Waals surface area contributed by atoms with Crippen molar-refractivity contribution in [3.63, 3.8) is 0 Å². The van der Waals surface area contributed by atoms with Gasteiger partial charge in [0, 0.05) is 5.69 Å². The van der Waals surface area contributed by atoms with Gasteiger partial charge in [-0.15, -0.1) is 10.2 Å². The van der Waals surface area contributed by atoms with Crippen molar-refractivity contribution in [2.75, 3.05) is 4.72 Å². The zero-order chi connectivity index (χ0) is 22.3. The third-order valence-electron chi connectivity index (χ3n) is 5.06. The molecule has 0 saturated carbocycles. The van der Waals surface area contributed by atoms with E-state index < -0.39 is 10.0 Å². The number of aryl methyl sites for hydroxylation is 2. The molecule has 0 amide bonds. The molecule has 0 spiro atoms. The summed E-state index contributed by atoms with van der Waals surface area (Å²) in [6.07, 6.45) is 0. The van der Waals surface area contributed by atoms with Gasteiger partial charge in [0.2, 0.25) is 5.65 Å². The Morgan fingerprint density at radius 2 is 1.59 bits per heavy atom. The van der Waals surface area contributed by atoms with Crippen LogP contribution in [0.3, 0.4) is 0 Å². The minimum Gasteiger partial charge on any atom is -0.436 e. The maximum Gasteiger partial charge on any atom is 0.266 e. The quantitative estimate of drug-likeness (QED) is 0.428. The van der Waals surface area contributed by atoms with Crippen molar-refractivity contribution in [3.05, 3.63) is 84.2 Å². The number of ether oxygens (including phenoxy) is 1. The van der Waals surface area contributed by atoms with E-state index >= 15 is 0 Å². The molecule has 1 N–H and O–H groups in total. The van der Waals surface area contributed by atoms with Crippen LogP contribution < -0.4 is 9.46 Å².